The fourth-order valence-electron chi connectivity index (χ4n) is 5.01. The number of nitrogens with two attached hydrogens (primary N) is 1. The SMILES string of the molecule is CC(NC(=O)CC(=O)NCCS(=O)(=O)N(c1cc(F)cc(F)c1)C1CN(C(c2ccc(Cl)cc2)c2ccc(Cl)cc2)C1)C(N)=O. The molecule has 1 aliphatic rings. The minimum absolute atomic E-state index is 0.196. The number of benzene rings is 3. The molecule has 3 amide bonds. The van der Waals surface area contributed by atoms with Crippen molar-refractivity contribution in [2.75, 3.05) is 29.7 Å². The molecule has 0 spiro atoms. The summed E-state index contributed by atoms with van der Waals surface area (Å²) in [5, 5.41) is 5.70. The zero-order valence-corrected chi connectivity index (χ0v) is 26.4. The third-order valence-electron chi connectivity index (χ3n) is 7.17. The number of amides is 3. The molecule has 0 bridgehead atoms. The van der Waals surface area contributed by atoms with Crippen LogP contribution in [0.1, 0.15) is 30.5 Å². The van der Waals surface area contributed by atoms with E-state index in [0.717, 1.165) is 27.6 Å². The smallest absolute Gasteiger partial charge is 0.239 e. The summed E-state index contributed by atoms with van der Waals surface area (Å²) in [6, 6.07) is 15.0. The summed E-state index contributed by atoms with van der Waals surface area (Å²) in [7, 11) is -4.25. The fraction of sp³-hybridized carbons (Fsp3) is 0.300. The van der Waals surface area contributed by atoms with Crippen molar-refractivity contribution in [1.29, 1.82) is 0 Å². The number of halogens is 4. The van der Waals surface area contributed by atoms with Gasteiger partial charge in [-0.3, -0.25) is 23.6 Å². The van der Waals surface area contributed by atoms with Crippen molar-refractivity contribution in [3.63, 3.8) is 0 Å². The lowest BCUT2D eigenvalue weighted by atomic mass is 9.93. The Balaban J connectivity index is 1.51. The zero-order valence-electron chi connectivity index (χ0n) is 24.1. The summed E-state index contributed by atoms with van der Waals surface area (Å²) in [5.41, 5.74) is 6.68. The van der Waals surface area contributed by atoms with Crippen molar-refractivity contribution < 1.29 is 31.6 Å². The highest BCUT2D eigenvalue weighted by molar-refractivity contribution is 7.92. The second-order valence-electron chi connectivity index (χ2n) is 10.6. The van der Waals surface area contributed by atoms with E-state index in [4.69, 9.17) is 28.9 Å². The summed E-state index contributed by atoms with van der Waals surface area (Å²) < 4.78 is 56.8. The number of anilines is 1. The second kappa shape index (κ2) is 14.5. The Morgan fingerprint density at radius 2 is 1.44 bits per heavy atom. The van der Waals surface area contributed by atoms with E-state index in [-0.39, 0.29) is 31.4 Å². The summed E-state index contributed by atoms with van der Waals surface area (Å²) in [6.45, 7) is 1.38. The number of nitrogens with zero attached hydrogens (tertiary/aromatic N) is 2. The molecule has 1 atom stereocenters. The van der Waals surface area contributed by atoms with E-state index < -0.39 is 63.6 Å². The maximum atomic E-state index is 14.3. The first-order valence-corrected chi connectivity index (χ1v) is 16.2. The molecular weight excluding hydrogens is 651 g/mol. The van der Waals surface area contributed by atoms with Gasteiger partial charge >= 0.3 is 0 Å². The van der Waals surface area contributed by atoms with Gasteiger partial charge in [-0.25, -0.2) is 17.2 Å². The van der Waals surface area contributed by atoms with Crippen molar-refractivity contribution in [1.82, 2.24) is 15.5 Å². The average Bonchev–Trinajstić information content (AvgIpc) is 2.92. The van der Waals surface area contributed by atoms with E-state index in [0.29, 0.717) is 16.1 Å². The van der Waals surface area contributed by atoms with Gasteiger partial charge < -0.3 is 16.4 Å². The average molecular weight is 683 g/mol. The van der Waals surface area contributed by atoms with Crippen LogP contribution in [0.4, 0.5) is 14.5 Å². The molecule has 3 aromatic carbocycles. The molecule has 15 heteroatoms. The Morgan fingerprint density at radius 1 is 0.933 bits per heavy atom. The van der Waals surface area contributed by atoms with Gasteiger partial charge in [-0.1, -0.05) is 47.5 Å². The van der Waals surface area contributed by atoms with Gasteiger partial charge in [0.05, 0.1) is 23.5 Å². The van der Waals surface area contributed by atoms with Crippen LogP contribution < -0.4 is 20.7 Å². The Kier molecular flexibility index (Phi) is 11.0. The molecule has 1 aliphatic heterocycles. The number of carbonyl (C=O) groups excluding carboxylic acids is 3. The van der Waals surface area contributed by atoms with Crippen LogP contribution in [-0.2, 0) is 24.4 Å². The number of hydrogen-bond acceptors (Lipinski definition) is 6. The first-order valence-electron chi connectivity index (χ1n) is 13.8. The summed E-state index contributed by atoms with van der Waals surface area (Å²) >= 11 is 12.2. The molecule has 1 fully saturated rings. The van der Waals surface area contributed by atoms with Crippen molar-refractivity contribution >= 4 is 56.6 Å². The van der Waals surface area contributed by atoms with Gasteiger partial charge in [0.15, 0.2) is 0 Å². The van der Waals surface area contributed by atoms with E-state index in [1.54, 1.807) is 24.3 Å². The Morgan fingerprint density at radius 3 is 1.93 bits per heavy atom. The third kappa shape index (κ3) is 8.91. The Hall–Kier alpha value is -3.78. The summed E-state index contributed by atoms with van der Waals surface area (Å²) in [6.07, 6.45) is -0.662. The number of hydrogen-bond donors (Lipinski definition) is 3. The summed E-state index contributed by atoms with van der Waals surface area (Å²) in [5.74, 6) is -4.87. The molecule has 1 heterocycles. The largest absolute Gasteiger partial charge is 0.368 e. The third-order valence-corrected chi connectivity index (χ3v) is 9.50. The number of sulfonamides is 1. The van der Waals surface area contributed by atoms with Crippen molar-refractivity contribution in [3.05, 3.63) is 99.5 Å². The van der Waals surface area contributed by atoms with Crippen LogP contribution in [0, 0.1) is 11.6 Å². The Labute approximate surface area is 269 Å². The molecule has 3 aromatic rings. The molecule has 240 valence electrons. The molecule has 4 N–H and O–H groups in total. The second-order valence-corrected chi connectivity index (χ2v) is 13.4. The standard InChI is InChI=1S/C30H31Cl2F2N5O5S/c1-18(30(35)42)37-28(41)15-27(40)36-10-11-45(43,44)39(25-13-23(33)12-24(34)14-25)26-16-38(17-26)29(19-2-6-21(31)7-3-19)20-4-8-22(32)9-5-20/h2-9,12-14,18,26,29H,10-11,15-17H2,1H3,(H2,35,42)(H,36,40)(H,37,41). The van der Waals surface area contributed by atoms with Crippen LogP contribution in [0.15, 0.2) is 66.7 Å². The highest BCUT2D eigenvalue weighted by atomic mass is 35.5. The molecule has 0 aromatic heterocycles. The van der Waals surface area contributed by atoms with E-state index in [9.17, 15) is 31.6 Å². The van der Waals surface area contributed by atoms with E-state index in [2.05, 4.69) is 10.6 Å². The zero-order chi connectivity index (χ0) is 32.9. The van der Waals surface area contributed by atoms with Crippen LogP contribution in [0.2, 0.25) is 10.0 Å². The molecule has 0 saturated carbocycles. The number of nitrogens with one attached hydrogen (secondary N) is 2. The van der Waals surface area contributed by atoms with E-state index in [1.165, 1.54) is 6.92 Å². The normalized spacial score (nSPS) is 14.4. The van der Waals surface area contributed by atoms with Gasteiger partial charge in [-0.15, -0.1) is 0 Å². The minimum atomic E-state index is -4.25. The monoisotopic (exact) mass is 681 g/mol. The lowest BCUT2D eigenvalue weighted by Crippen LogP contribution is -2.62. The fourth-order valence-corrected chi connectivity index (χ4v) is 6.83. The van der Waals surface area contributed by atoms with Gasteiger partial charge in [0.25, 0.3) is 0 Å². The molecule has 45 heavy (non-hydrogen) atoms. The van der Waals surface area contributed by atoms with Gasteiger partial charge in [-0.05, 0) is 54.4 Å². The predicted molar refractivity (Wildman–Crippen MR) is 167 cm³/mol. The highest BCUT2D eigenvalue weighted by Gasteiger charge is 2.42. The number of likely N-dealkylation sites (tertiary alicyclic amines) is 1. The Bertz CT molecular complexity index is 1590. The molecule has 0 radical (unpaired) electrons. The lowest BCUT2D eigenvalue weighted by molar-refractivity contribution is -0.131. The number of primary amides is 1. The first kappa shape index (κ1) is 34.1. The number of carbonyl (C=O) groups is 3. The van der Waals surface area contributed by atoms with E-state index in [1.807, 2.05) is 29.2 Å². The van der Waals surface area contributed by atoms with Crippen molar-refractivity contribution in [2.24, 2.45) is 5.73 Å². The van der Waals surface area contributed by atoms with Gasteiger partial charge in [0.1, 0.15) is 24.1 Å². The van der Waals surface area contributed by atoms with Crippen LogP contribution in [0.5, 0.6) is 0 Å². The maximum Gasteiger partial charge on any atom is 0.239 e. The maximum absolute atomic E-state index is 14.3. The van der Waals surface area contributed by atoms with Crippen molar-refractivity contribution in [3.8, 4) is 0 Å². The topological polar surface area (TPSA) is 142 Å². The molecule has 1 saturated heterocycles. The number of rotatable bonds is 13. The van der Waals surface area contributed by atoms with Gasteiger partial charge in [0.2, 0.25) is 27.7 Å². The minimum Gasteiger partial charge on any atom is -0.368 e. The summed E-state index contributed by atoms with van der Waals surface area (Å²) in [4.78, 5) is 37.3. The van der Waals surface area contributed by atoms with Crippen molar-refractivity contribution in [2.45, 2.75) is 31.5 Å². The molecule has 0 aliphatic carbocycles. The lowest BCUT2D eigenvalue weighted by Gasteiger charge is -2.49. The molecule has 4 rings (SSSR count). The van der Waals surface area contributed by atoms with Gasteiger partial charge in [0, 0.05) is 35.7 Å². The van der Waals surface area contributed by atoms with Crippen LogP contribution in [0.3, 0.4) is 0 Å². The highest BCUT2D eigenvalue weighted by Crippen LogP contribution is 2.37. The quantitative estimate of drug-likeness (QED) is 0.236. The first-order chi connectivity index (χ1) is 21.2. The van der Waals surface area contributed by atoms with Crippen LogP contribution in [-0.4, -0.2) is 68.5 Å². The molecule has 1 unspecified atom stereocenters. The molecular formula is C30H31Cl2F2N5O5S. The molecule has 10 nitrogen and oxygen atoms in total. The van der Waals surface area contributed by atoms with E-state index >= 15 is 0 Å². The van der Waals surface area contributed by atoms with Gasteiger partial charge in [-0.2, -0.15) is 0 Å². The van der Waals surface area contributed by atoms with Crippen LogP contribution in [0.25, 0.3) is 0 Å². The van der Waals surface area contributed by atoms with Crippen LogP contribution >= 0.6 is 23.2 Å². The predicted octanol–water partition coefficient (Wildman–Crippen LogP) is 3.38.